The molecule has 1 aromatic heterocycles. The lowest BCUT2D eigenvalue weighted by atomic mass is 9.87. The molecule has 39 heavy (non-hydrogen) atoms. The Hall–Kier alpha value is -3.84. The summed E-state index contributed by atoms with van der Waals surface area (Å²) in [5, 5.41) is 11.1. The van der Waals surface area contributed by atoms with E-state index in [1.165, 1.54) is 0 Å². The minimum absolute atomic E-state index is 0.0277. The molecule has 5 rings (SSSR count). The van der Waals surface area contributed by atoms with Crippen molar-refractivity contribution < 1.29 is 17.9 Å². The highest BCUT2D eigenvalue weighted by Crippen LogP contribution is 2.47. The topological polar surface area (TPSA) is 96.6 Å². The van der Waals surface area contributed by atoms with Gasteiger partial charge in [-0.25, -0.2) is 13.2 Å². The highest BCUT2D eigenvalue weighted by Gasteiger charge is 2.37. The van der Waals surface area contributed by atoms with Crippen molar-refractivity contribution in [1.29, 1.82) is 0 Å². The maximum absolute atomic E-state index is 13.2. The monoisotopic (exact) mass is 543 g/mol. The smallest absolute Gasteiger partial charge is 0.343 e. The summed E-state index contributed by atoms with van der Waals surface area (Å²) < 4.78 is 34.2. The molecule has 3 aromatic carbocycles. The van der Waals surface area contributed by atoms with E-state index in [2.05, 4.69) is 4.72 Å². The molecule has 0 spiro atoms. The zero-order chi connectivity index (χ0) is 27.6. The van der Waals surface area contributed by atoms with Crippen LogP contribution in [0.5, 0.6) is 5.75 Å². The molecule has 0 amide bonds. The van der Waals surface area contributed by atoms with Gasteiger partial charge in [0.05, 0.1) is 10.5 Å². The summed E-state index contributed by atoms with van der Waals surface area (Å²) in [6.07, 6.45) is 3.22. The maximum atomic E-state index is 13.2. The van der Waals surface area contributed by atoms with Crippen molar-refractivity contribution in [1.82, 2.24) is 0 Å². The average molecular weight is 544 g/mol. The van der Waals surface area contributed by atoms with Gasteiger partial charge < -0.3 is 9.52 Å². The zero-order valence-corrected chi connectivity index (χ0v) is 22.9. The van der Waals surface area contributed by atoms with Crippen molar-refractivity contribution >= 4 is 15.7 Å². The second kappa shape index (κ2) is 11.1. The van der Waals surface area contributed by atoms with Crippen molar-refractivity contribution in [3.63, 3.8) is 0 Å². The number of nitrogens with one attached hydrogen (secondary N) is 1. The molecule has 0 aliphatic heterocycles. The zero-order valence-electron chi connectivity index (χ0n) is 22.1. The Morgan fingerprint density at radius 1 is 0.974 bits per heavy atom. The first kappa shape index (κ1) is 26.8. The Balaban J connectivity index is 1.38. The van der Waals surface area contributed by atoms with Crippen molar-refractivity contribution in [2.45, 2.75) is 56.3 Å². The molecule has 202 valence electrons. The standard InChI is InChI=1S/C32H33NO5S/c1-3-23(18-22-8-7-11-26(19-22)33-39(36,37)27-16-12-21(2)13-17-27)29-20-28(34)31(32(35)38-29)30(25-14-15-25)24-9-5-4-6-10-24/h4-13,16-17,19-20,23,25,30,33-34H,3,14-15,18H2,1-2H3. The highest BCUT2D eigenvalue weighted by molar-refractivity contribution is 7.92. The fourth-order valence-corrected chi connectivity index (χ4v) is 6.23. The van der Waals surface area contributed by atoms with Crippen LogP contribution in [0.4, 0.5) is 5.69 Å². The van der Waals surface area contributed by atoms with E-state index < -0.39 is 15.6 Å². The van der Waals surface area contributed by atoms with E-state index in [-0.39, 0.29) is 22.5 Å². The third-order valence-corrected chi connectivity index (χ3v) is 8.83. The van der Waals surface area contributed by atoms with E-state index >= 15 is 0 Å². The molecule has 0 bridgehead atoms. The molecular weight excluding hydrogens is 510 g/mol. The SMILES string of the molecule is CCC(Cc1cccc(NS(=O)(=O)c2ccc(C)cc2)c1)c1cc(O)c(C(c2ccccc2)C2CC2)c(=O)o1. The van der Waals surface area contributed by atoms with Crippen molar-refractivity contribution in [2.24, 2.45) is 5.92 Å². The molecule has 1 aliphatic carbocycles. The third-order valence-electron chi connectivity index (χ3n) is 7.44. The number of hydrogen-bond acceptors (Lipinski definition) is 5. The van der Waals surface area contributed by atoms with E-state index in [0.717, 1.165) is 29.5 Å². The predicted octanol–water partition coefficient (Wildman–Crippen LogP) is 6.73. The highest BCUT2D eigenvalue weighted by atomic mass is 32.2. The van der Waals surface area contributed by atoms with Crippen LogP contribution in [0.15, 0.2) is 99.0 Å². The lowest BCUT2D eigenvalue weighted by molar-refractivity contribution is 0.379. The minimum Gasteiger partial charge on any atom is -0.507 e. The van der Waals surface area contributed by atoms with Gasteiger partial charge in [-0.1, -0.05) is 67.1 Å². The average Bonchev–Trinajstić information content (AvgIpc) is 3.75. The summed E-state index contributed by atoms with van der Waals surface area (Å²) in [4.78, 5) is 13.4. The van der Waals surface area contributed by atoms with Gasteiger partial charge in [0.25, 0.3) is 10.0 Å². The van der Waals surface area contributed by atoms with Crippen molar-refractivity contribution in [2.75, 3.05) is 4.72 Å². The number of hydrogen-bond donors (Lipinski definition) is 2. The molecule has 7 heteroatoms. The van der Waals surface area contributed by atoms with E-state index in [9.17, 15) is 18.3 Å². The second-order valence-electron chi connectivity index (χ2n) is 10.4. The number of anilines is 1. The maximum Gasteiger partial charge on any atom is 0.343 e. The minimum atomic E-state index is -3.73. The summed E-state index contributed by atoms with van der Waals surface area (Å²) in [6, 6.07) is 25.3. The summed E-state index contributed by atoms with van der Waals surface area (Å²) in [5.74, 6) is 0.366. The Kier molecular flexibility index (Phi) is 7.62. The molecular formula is C32H33NO5S. The van der Waals surface area contributed by atoms with Gasteiger partial charge in [-0.05, 0) is 73.9 Å². The lowest BCUT2D eigenvalue weighted by Gasteiger charge is -2.20. The fourth-order valence-electron chi connectivity index (χ4n) is 5.18. The number of aromatic hydroxyl groups is 1. The normalized spacial score (nSPS) is 15.0. The largest absolute Gasteiger partial charge is 0.507 e. The second-order valence-corrected chi connectivity index (χ2v) is 12.1. The van der Waals surface area contributed by atoms with Crippen LogP contribution in [0.2, 0.25) is 0 Å². The van der Waals surface area contributed by atoms with Gasteiger partial charge in [-0.3, -0.25) is 4.72 Å². The van der Waals surface area contributed by atoms with Gasteiger partial charge >= 0.3 is 5.63 Å². The van der Waals surface area contributed by atoms with Gasteiger partial charge in [0.15, 0.2) is 0 Å². The van der Waals surface area contributed by atoms with Gasteiger partial charge in [0.2, 0.25) is 0 Å². The van der Waals surface area contributed by atoms with Crippen molar-refractivity contribution in [3.8, 4) is 5.75 Å². The van der Waals surface area contributed by atoms with Crippen LogP contribution in [0.1, 0.15) is 66.0 Å². The molecule has 1 saturated carbocycles. The number of sulfonamides is 1. The molecule has 2 N–H and O–H groups in total. The Morgan fingerprint density at radius 2 is 1.69 bits per heavy atom. The Bertz CT molecular complexity index is 1610. The molecule has 1 heterocycles. The summed E-state index contributed by atoms with van der Waals surface area (Å²) in [6.45, 7) is 3.90. The number of aryl methyl sites for hydroxylation is 1. The molecule has 2 atom stereocenters. The van der Waals surface area contributed by atoms with Crippen LogP contribution in [0.3, 0.4) is 0 Å². The predicted molar refractivity (Wildman–Crippen MR) is 153 cm³/mol. The molecule has 1 aliphatic rings. The van der Waals surface area contributed by atoms with Crippen LogP contribution >= 0.6 is 0 Å². The lowest BCUT2D eigenvalue weighted by Crippen LogP contribution is -2.17. The molecule has 0 saturated heterocycles. The van der Waals surface area contributed by atoms with E-state index in [1.807, 2.05) is 50.2 Å². The quantitative estimate of drug-likeness (QED) is 0.231. The first-order valence-corrected chi connectivity index (χ1v) is 14.8. The van der Waals surface area contributed by atoms with E-state index in [0.29, 0.717) is 35.8 Å². The van der Waals surface area contributed by atoms with E-state index in [4.69, 9.17) is 4.42 Å². The Morgan fingerprint density at radius 3 is 2.33 bits per heavy atom. The van der Waals surface area contributed by atoms with Crippen LogP contribution in [0.25, 0.3) is 0 Å². The van der Waals surface area contributed by atoms with Crippen LogP contribution in [-0.4, -0.2) is 13.5 Å². The molecule has 1 fully saturated rings. The van der Waals surface area contributed by atoms with Gasteiger partial charge in [0.1, 0.15) is 11.5 Å². The first-order valence-electron chi connectivity index (χ1n) is 13.4. The summed E-state index contributed by atoms with van der Waals surface area (Å²) >= 11 is 0. The number of rotatable bonds is 10. The summed E-state index contributed by atoms with van der Waals surface area (Å²) in [5.41, 5.74) is 3.16. The van der Waals surface area contributed by atoms with Crippen LogP contribution in [-0.2, 0) is 16.4 Å². The van der Waals surface area contributed by atoms with Crippen LogP contribution < -0.4 is 10.3 Å². The number of benzene rings is 3. The third kappa shape index (κ3) is 6.09. The Labute approximate surface area is 229 Å². The van der Waals surface area contributed by atoms with Crippen LogP contribution in [0, 0.1) is 12.8 Å². The first-order chi connectivity index (χ1) is 18.7. The van der Waals surface area contributed by atoms with E-state index in [1.54, 1.807) is 48.5 Å². The van der Waals surface area contributed by atoms with Gasteiger partial charge in [-0.2, -0.15) is 0 Å². The van der Waals surface area contributed by atoms with Gasteiger partial charge in [-0.15, -0.1) is 0 Å². The summed E-state index contributed by atoms with van der Waals surface area (Å²) in [7, 11) is -3.73. The fraction of sp³-hybridized carbons (Fsp3) is 0.281. The van der Waals surface area contributed by atoms with Crippen molar-refractivity contribution in [3.05, 3.63) is 123 Å². The molecule has 0 radical (unpaired) electrons. The molecule has 6 nitrogen and oxygen atoms in total. The molecule has 2 unspecified atom stereocenters. The molecule has 4 aromatic rings. The van der Waals surface area contributed by atoms with Gasteiger partial charge in [0, 0.05) is 23.6 Å².